The third-order valence-corrected chi connectivity index (χ3v) is 4.04. The lowest BCUT2D eigenvalue weighted by Crippen LogP contribution is -2.39. The average molecular weight is 313 g/mol. The summed E-state index contributed by atoms with van der Waals surface area (Å²) in [6, 6.07) is 9.70. The van der Waals surface area contributed by atoms with Crippen LogP contribution in [-0.2, 0) is 0 Å². The highest BCUT2D eigenvalue weighted by Crippen LogP contribution is 2.20. The van der Waals surface area contributed by atoms with Gasteiger partial charge < -0.3 is 10.2 Å². The fourth-order valence-corrected chi connectivity index (χ4v) is 2.89. The predicted octanol–water partition coefficient (Wildman–Crippen LogP) is 3.84. The minimum Gasteiger partial charge on any atom is -0.355 e. The number of amides is 1. The molecule has 23 heavy (non-hydrogen) atoms. The zero-order chi connectivity index (χ0) is 16.2. The molecule has 2 heterocycles. The molecule has 1 fully saturated rings. The Morgan fingerprint density at radius 3 is 2.91 bits per heavy atom. The van der Waals surface area contributed by atoms with Crippen molar-refractivity contribution in [3.05, 3.63) is 54.1 Å². The second-order valence-corrected chi connectivity index (χ2v) is 6.06. The van der Waals surface area contributed by atoms with Gasteiger partial charge in [-0.3, -0.25) is 9.78 Å². The first-order valence-electron chi connectivity index (χ1n) is 7.90. The number of carbonyl (C=O) groups is 1. The van der Waals surface area contributed by atoms with Gasteiger partial charge in [0, 0.05) is 30.7 Å². The quantitative estimate of drug-likeness (QED) is 0.936. The summed E-state index contributed by atoms with van der Waals surface area (Å²) in [5.74, 6) is 0.184. The lowest BCUT2D eigenvalue weighted by atomic mass is 10.00. The summed E-state index contributed by atoms with van der Waals surface area (Å²) in [7, 11) is 0. The minimum atomic E-state index is -0.303. The van der Waals surface area contributed by atoms with E-state index in [0.717, 1.165) is 25.2 Å². The van der Waals surface area contributed by atoms with E-state index in [1.807, 2.05) is 4.90 Å². The van der Waals surface area contributed by atoms with E-state index in [0.29, 0.717) is 17.3 Å². The number of carbonyl (C=O) groups excluding carboxylic acids is 1. The Labute approximate surface area is 135 Å². The van der Waals surface area contributed by atoms with Gasteiger partial charge in [-0.25, -0.2) is 4.39 Å². The van der Waals surface area contributed by atoms with Crippen molar-refractivity contribution in [3.63, 3.8) is 0 Å². The highest BCUT2D eigenvalue weighted by atomic mass is 19.1. The van der Waals surface area contributed by atoms with Crippen molar-refractivity contribution >= 4 is 17.3 Å². The largest absolute Gasteiger partial charge is 0.355 e. The highest BCUT2D eigenvalue weighted by molar-refractivity contribution is 5.93. The van der Waals surface area contributed by atoms with Gasteiger partial charge in [0.05, 0.1) is 0 Å². The SMILES string of the molecule is CC1CCCN(C(=O)c2cc(Nc3cccc(F)c3)ccn2)C1. The zero-order valence-corrected chi connectivity index (χ0v) is 13.1. The van der Waals surface area contributed by atoms with E-state index in [4.69, 9.17) is 0 Å². The maximum atomic E-state index is 13.2. The monoisotopic (exact) mass is 313 g/mol. The fraction of sp³-hybridized carbons (Fsp3) is 0.333. The minimum absolute atomic E-state index is 0.0422. The molecule has 1 N–H and O–H groups in total. The normalized spacial score (nSPS) is 17.8. The van der Waals surface area contributed by atoms with Crippen LogP contribution in [0, 0.1) is 11.7 Å². The zero-order valence-electron chi connectivity index (χ0n) is 13.1. The highest BCUT2D eigenvalue weighted by Gasteiger charge is 2.22. The molecule has 1 aromatic carbocycles. The van der Waals surface area contributed by atoms with Crippen molar-refractivity contribution in [1.82, 2.24) is 9.88 Å². The second-order valence-electron chi connectivity index (χ2n) is 6.06. The van der Waals surface area contributed by atoms with Crippen LogP contribution in [0.4, 0.5) is 15.8 Å². The fourth-order valence-electron chi connectivity index (χ4n) is 2.89. The first-order chi connectivity index (χ1) is 11.1. The number of aromatic nitrogens is 1. The topological polar surface area (TPSA) is 45.2 Å². The molecule has 1 aliphatic heterocycles. The first-order valence-corrected chi connectivity index (χ1v) is 7.90. The summed E-state index contributed by atoms with van der Waals surface area (Å²) >= 11 is 0. The molecule has 120 valence electrons. The molecule has 4 nitrogen and oxygen atoms in total. The number of halogens is 1. The molecule has 2 aromatic rings. The van der Waals surface area contributed by atoms with E-state index in [9.17, 15) is 9.18 Å². The number of likely N-dealkylation sites (tertiary alicyclic amines) is 1. The number of nitrogens with one attached hydrogen (secondary N) is 1. The first kappa shape index (κ1) is 15.5. The van der Waals surface area contributed by atoms with Crippen LogP contribution in [0.2, 0.25) is 0 Å². The van der Waals surface area contributed by atoms with Crippen LogP contribution in [0.3, 0.4) is 0 Å². The number of hydrogen-bond donors (Lipinski definition) is 1. The second kappa shape index (κ2) is 6.77. The van der Waals surface area contributed by atoms with Crippen molar-refractivity contribution in [2.45, 2.75) is 19.8 Å². The Bertz CT molecular complexity index is 704. The molecule has 0 saturated carbocycles. The van der Waals surface area contributed by atoms with Crippen LogP contribution in [0.1, 0.15) is 30.3 Å². The Balaban J connectivity index is 1.75. The molecular formula is C18H20FN3O. The average Bonchev–Trinajstić information content (AvgIpc) is 2.54. The predicted molar refractivity (Wildman–Crippen MR) is 88.2 cm³/mol. The molecule has 0 bridgehead atoms. The molecule has 1 atom stereocenters. The van der Waals surface area contributed by atoms with Gasteiger partial charge in [0.15, 0.2) is 0 Å². The van der Waals surface area contributed by atoms with Crippen LogP contribution < -0.4 is 5.32 Å². The summed E-state index contributed by atoms with van der Waals surface area (Å²) < 4.78 is 13.2. The molecule has 0 radical (unpaired) electrons. The summed E-state index contributed by atoms with van der Waals surface area (Å²) in [5, 5.41) is 3.10. The van der Waals surface area contributed by atoms with Gasteiger partial charge in [-0.05, 0) is 49.1 Å². The number of anilines is 2. The van der Waals surface area contributed by atoms with Gasteiger partial charge >= 0.3 is 0 Å². The van der Waals surface area contributed by atoms with Crippen LogP contribution in [-0.4, -0.2) is 28.9 Å². The smallest absolute Gasteiger partial charge is 0.272 e. The lowest BCUT2D eigenvalue weighted by Gasteiger charge is -2.30. The molecule has 1 amide bonds. The van der Waals surface area contributed by atoms with Crippen molar-refractivity contribution in [3.8, 4) is 0 Å². The Hall–Kier alpha value is -2.43. The third kappa shape index (κ3) is 3.86. The van der Waals surface area contributed by atoms with Crippen molar-refractivity contribution in [2.24, 2.45) is 5.92 Å². The van der Waals surface area contributed by atoms with Crippen molar-refractivity contribution < 1.29 is 9.18 Å². The number of pyridine rings is 1. The number of benzene rings is 1. The van der Waals surface area contributed by atoms with E-state index < -0.39 is 0 Å². The summed E-state index contributed by atoms with van der Waals surface area (Å²) in [5.41, 5.74) is 1.78. The summed E-state index contributed by atoms with van der Waals surface area (Å²) in [6.07, 6.45) is 3.80. The van der Waals surface area contributed by atoms with E-state index in [1.54, 1.807) is 30.5 Å². The summed E-state index contributed by atoms with van der Waals surface area (Å²) in [4.78, 5) is 18.6. The molecule has 0 spiro atoms. The molecule has 1 aliphatic rings. The Kier molecular flexibility index (Phi) is 4.55. The number of rotatable bonds is 3. The van der Waals surface area contributed by atoms with Gasteiger partial charge in [-0.15, -0.1) is 0 Å². The lowest BCUT2D eigenvalue weighted by molar-refractivity contribution is 0.0677. The number of hydrogen-bond acceptors (Lipinski definition) is 3. The molecule has 1 saturated heterocycles. The molecule has 1 unspecified atom stereocenters. The van der Waals surface area contributed by atoms with Crippen LogP contribution in [0.15, 0.2) is 42.6 Å². The third-order valence-electron chi connectivity index (χ3n) is 4.04. The van der Waals surface area contributed by atoms with E-state index in [1.165, 1.54) is 18.6 Å². The van der Waals surface area contributed by atoms with Gasteiger partial charge in [0.2, 0.25) is 0 Å². The van der Waals surface area contributed by atoms with E-state index in [-0.39, 0.29) is 11.7 Å². The van der Waals surface area contributed by atoms with Crippen molar-refractivity contribution in [1.29, 1.82) is 0 Å². The summed E-state index contributed by atoms with van der Waals surface area (Å²) in [6.45, 7) is 3.73. The van der Waals surface area contributed by atoms with E-state index in [2.05, 4.69) is 17.2 Å². The number of piperidine rings is 1. The Morgan fingerprint density at radius 1 is 1.30 bits per heavy atom. The van der Waals surface area contributed by atoms with Crippen molar-refractivity contribution in [2.75, 3.05) is 18.4 Å². The van der Waals surface area contributed by atoms with Crippen LogP contribution >= 0.6 is 0 Å². The van der Waals surface area contributed by atoms with Crippen LogP contribution in [0.5, 0.6) is 0 Å². The molecular weight excluding hydrogens is 293 g/mol. The Morgan fingerprint density at radius 2 is 2.13 bits per heavy atom. The standard InChI is InChI=1S/C18H20FN3O/c1-13-4-3-9-22(12-13)18(23)17-11-16(7-8-20-17)21-15-6-2-5-14(19)10-15/h2,5-8,10-11,13H,3-4,9,12H2,1H3,(H,20,21). The molecule has 3 rings (SSSR count). The molecule has 5 heteroatoms. The van der Waals surface area contributed by atoms with Crippen LogP contribution in [0.25, 0.3) is 0 Å². The molecule has 1 aromatic heterocycles. The molecule has 0 aliphatic carbocycles. The van der Waals surface area contributed by atoms with Gasteiger partial charge in [0.25, 0.3) is 5.91 Å². The van der Waals surface area contributed by atoms with E-state index >= 15 is 0 Å². The number of nitrogens with zero attached hydrogens (tertiary/aromatic N) is 2. The van der Waals surface area contributed by atoms with Gasteiger partial charge in [0.1, 0.15) is 11.5 Å². The maximum Gasteiger partial charge on any atom is 0.272 e. The maximum absolute atomic E-state index is 13.2. The van der Waals surface area contributed by atoms with Gasteiger partial charge in [-0.1, -0.05) is 13.0 Å². The van der Waals surface area contributed by atoms with Gasteiger partial charge in [-0.2, -0.15) is 0 Å².